The van der Waals surface area contributed by atoms with E-state index in [0.29, 0.717) is 5.92 Å². The summed E-state index contributed by atoms with van der Waals surface area (Å²) in [7, 11) is 2.05. The first-order valence-electron chi connectivity index (χ1n) is 7.61. The van der Waals surface area contributed by atoms with Crippen molar-refractivity contribution in [1.82, 2.24) is 9.97 Å². The fourth-order valence-corrected chi connectivity index (χ4v) is 2.25. The molecule has 2 aromatic heterocycles. The molecule has 1 aliphatic rings. The molecule has 0 unspecified atom stereocenters. The first kappa shape index (κ1) is 13.9. The molecule has 0 spiro atoms. The van der Waals surface area contributed by atoms with Crippen LogP contribution in [0.3, 0.4) is 0 Å². The highest BCUT2D eigenvalue weighted by Gasteiger charge is 2.27. The van der Waals surface area contributed by atoms with Gasteiger partial charge in [0.15, 0.2) is 0 Å². The Balaban J connectivity index is 1.80. The number of furan rings is 1. The Labute approximate surface area is 125 Å². The lowest BCUT2D eigenvalue weighted by Crippen LogP contribution is -2.19. The molecule has 1 aliphatic carbocycles. The van der Waals surface area contributed by atoms with Gasteiger partial charge in [-0.15, -0.1) is 0 Å². The van der Waals surface area contributed by atoms with Gasteiger partial charge in [-0.25, -0.2) is 9.97 Å². The van der Waals surface area contributed by atoms with Crippen LogP contribution in [-0.4, -0.2) is 23.6 Å². The number of hydrogen-bond acceptors (Lipinski definition) is 5. The van der Waals surface area contributed by atoms with Gasteiger partial charge in [0.05, 0.1) is 12.5 Å². The molecule has 0 atom stereocenters. The summed E-state index contributed by atoms with van der Waals surface area (Å²) in [5.74, 6) is 3.43. The van der Waals surface area contributed by atoms with Crippen molar-refractivity contribution in [2.24, 2.45) is 0 Å². The molecular formula is C16H22N4O. The van der Waals surface area contributed by atoms with Gasteiger partial charge in [-0.2, -0.15) is 0 Å². The molecular weight excluding hydrogens is 264 g/mol. The number of anilines is 2. The first-order valence-corrected chi connectivity index (χ1v) is 7.61. The van der Waals surface area contributed by atoms with Crippen LogP contribution in [0, 0.1) is 0 Å². The summed E-state index contributed by atoms with van der Waals surface area (Å²) in [5, 5.41) is 3.38. The molecule has 112 valence electrons. The quantitative estimate of drug-likeness (QED) is 0.845. The van der Waals surface area contributed by atoms with Crippen molar-refractivity contribution in [3.63, 3.8) is 0 Å². The topological polar surface area (TPSA) is 54.2 Å². The maximum absolute atomic E-state index is 5.13. The van der Waals surface area contributed by atoms with Gasteiger partial charge in [0.25, 0.3) is 0 Å². The lowest BCUT2D eigenvalue weighted by Gasteiger charge is -2.19. The van der Waals surface area contributed by atoms with Crippen LogP contribution in [0.5, 0.6) is 0 Å². The molecule has 0 bridgehead atoms. The van der Waals surface area contributed by atoms with Crippen molar-refractivity contribution in [3.05, 3.63) is 36.0 Å². The highest BCUT2D eigenvalue weighted by molar-refractivity contribution is 5.50. The first-order chi connectivity index (χ1) is 10.3. The van der Waals surface area contributed by atoms with E-state index in [1.807, 2.05) is 12.1 Å². The summed E-state index contributed by atoms with van der Waals surface area (Å²) in [6.07, 6.45) is 6.98. The van der Waals surface area contributed by atoms with Crippen molar-refractivity contribution in [2.75, 3.05) is 23.8 Å². The van der Waals surface area contributed by atoms with Crippen LogP contribution in [0.15, 0.2) is 29.1 Å². The number of nitrogens with zero attached hydrogens (tertiary/aromatic N) is 3. The number of aromatic nitrogens is 2. The Hall–Kier alpha value is -2.04. The van der Waals surface area contributed by atoms with Crippen LogP contribution < -0.4 is 10.2 Å². The Morgan fingerprint density at radius 2 is 2.24 bits per heavy atom. The molecule has 21 heavy (non-hydrogen) atoms. The van der Waals surface area contributed by atoms with E-state index >= 15 is 0 Å². The molecule has 0 aliphatic heterocycles. The second-order valence-corrected chi connectivity index (χ2v) is 5.66. The predicted octanol–water partition coefficient (Wildman–Crippen LogP) is 3.41. The Bertz CT molecular complexity index is 578. The van der Waals surface area contributed by atoms with Crippen molar-refractivity contribution in [3.8, 4) is 0 Å². The van der Waals surface area contributed by atoms with Crippen LogP contribution in [0.1, 0.15) is 43.5 Å². The van der Waals surface area contributed by atoms with Crippen LogP contribution in [-0.2, 0) is 6.54 Å². The maximum Gasteiger partial charge on any atom is 0.136 e. The standard InChI is InChI=1S/C16H22N4O/c1-3-7-17-14-9-15(19-16(18-14)13-4-5-13)20(2)10-12-6-8-21-11-12/h6,8-9,11,13H,3-5,7,10H2,1-2H3,(H,17,18,19). The molecule has 3 rings (SSSR count). The summed E-state index contributed by atoms with van der Waals surface area (Å²) in [6.45, 7) is 3.87. The molecule has 5 nitrogen and oxygen atoms in total. The fourth-order valence-electron chi connectivity index (χ4n) is 2.25. The molecule has 2 heterocycles. The second kappa shape index (κ2) is 6.16. The summed E-state index contributed by atoms with van der Waals surface area (Å²) in [5.41, 5.74) is 1.15. The van der Waals surface area contributed by atoms with E-state index in [-0.39, 0.29) is 0 Å². The zero-order chi connectivity index (χ0) is 14.7. The monoisotopic (exact) mass is 286 g/mol. The number of hydrogen-bond donors (Lipinski definition) is 1. The minimum atomic E-state index is 0.550. The molecule has 0 radical (unpaired) electrons. The van der Waals surface area contributed by atoms with Gasteiger partial charge in [-0.05, 0) is 25.3 Å². The zero-order valence-electron chi connectivity index (χ0n) is 12.7. The molecule has 5 heteroatoms. The lowest BCUT2D eigenvalue weighted by atomic mass is 10.3. The highest BCUT2D eigenvalue weighted by Crippen LogP contribution is 2.39. The van der Waals surface area contributed by atoms with Crippen LogP contribution in [0.2, 0.25) is 0 Å². The molecule has 0 amide bonds. The number of rotatable bonds is 7. The molecule has 1 N–H and O–H groups in total. The van der Waals surface area contributed by atoms with E-state index in [0.717, 1.165) is 42.5 Å². The van der Waals surface area contributed by atoms with Gasteiger partial charge < -0.3 is 14.6 Å². The third kappa shape index (κ3) is 3.54. The summed E-state index contributed by atoms with van der Waals surface area (Å²) in [6, 6.07) is 4.01. The smallest absolute Gasteiger partial charge is 0.136 e. The van der Waals surface area contributed by atoms with Gasteiger partial charge in [-0.3, -0.25) is 0 Å². The Morgan fingerprint density at radius 1 is 1.38 bits per heavy atom. The van der Waals surface area contributed by atoms with E-state index in [1.165, 1.54) is 12.8 Å². The lowest BCUT2D eigenvalue weighted by molar-refractivity contribution is 0.563. The van der Waals surface area contributed by atoms with Crippen molar-refractivity contribution >= 4 is 11.6 Å². The van der Waals surface area contributed by atoms with E-state index in [2.05, 4.69) is 29.2 Å². The van der Waals surface area contributed by atoms with Crippen LogP contribution >= 0.6 is 0 Å². The fraction of sp³-hybridized carbons (Fsp3) is 0.500. The third-order valence-electron chi connectivity index (χ3n) is 3.62. The van der Waals surface area contributed by atoms with E-state index in [4.69, 9.17) is 9.40 Å². The average Bonchev–Trinajstić information content (AvgIpc) is 3.23. The average molecular weight is 286 g/mol. The molecule has 0 aromatic carbocycles. The second-order valence-electron chi connectivity index (χ2n) is 5.66. The molecule has 1 saturated carbocycles. The number of nitrogens with one attached hydrogen (secondary N) is 1. The normalized spacial score (nSPS) is 14.2. The van der Waals surface area contributed by atoms with Gasteiger partial charge in [0, 0.05) is 37.7 Å². The minimum absolute atomic E-state index is 0.550. The van der Waals surface area contributed by atoms with Crippen molar-refractivity contribution in [2.45, 2.75) is 38.6 Å². The van der Waals surface area contributed by atoms with Crippen molar-refractivity contribution < 1.29 is 4.42 Å². The SMILES string of the molecule is CCCNc1cc(N(C)Cc2ccoc2)nc(C2CC2)n1. The summed E-state index contributed by atoms with van der Waals surface area (Å²) < 4.78 is 5.13. The van der Waals surface area contributed by atoms with Gasteiger partial charge >= 0.3 is 0 Å². The minimum Gasteiger partial charge on any atom is -0.472 e. The van der Waals surface area contributed by atoms with E-state index < -0.39 is 0 Å². The Morgan fingerprint density at radius 3 is 2.90 bits per heavy atom. The molecule has 0 saturated heterocycles. The van der Waals surface area contributed by atoms with E-state index in [9.17, 15) is 0 Å². The van der Waals surface area contributed by atoms with Crippen molar-refractivity contribution in [1.29, 1.82) is 0 Å². The summed E-state index contributed by atoms with van der Waals surface area (Å²) >= 11 is 0. The van der Waals surface area contributed by atoms with Gasteiger partial charge in [0.2, 0.25) is 0 Å². The summed E-state index contributed by atoms with van der Waals surface area (Å²) in [4.78, 5) is 11.5. The third-order valence-corrected chi connectivity index (χ3v) is 3.62. The predicted molar refractivity (Wildman–Crippen MR) is 83.6 cm³/mol. The van der Waals surface area contributed by atoms with Crippen LogP contribution in [0.25, 0.3) is 0 Å². The van der Waals surface area contributed by atoms with Gasteiger partial charge in [0.1, 0.15) is 17.5 Å². The van der Waals surface area contributed by atoms with Gasteiger partial charge in [-0.1, -0.05) is 6.92 Å². The molecule has 2 aromatic rings. The largest absolute Gasteiger partial charge is 0.472 e. The zero-order valence-corrected chi connectivity index (χ0v) is 12.7. The highest BCUT2D eigenvalue weighted by atomic mass is 16.3. The maximum atomic E-state index is 5.13. The van der Waals surface area contributed by atoms with E-state index in [1.54, 1.807) is 12.5 Å². The Kier molecular flexibility index (Phi) is 4.08. The molecule has 1 fully saturated rings. The van der Waals surface area contributed by atoms with Crippen LogP contribution in [0.4, 0.5) is 11.6 Å².